The van der Waals surface area contributed by atoms with Gasteiger partial charge in [-0.15, -0.1) is 0 Å². The molecular formula is C28H34N4O3. The van der Waals surface area contributed by atoms with E-state index in [1.165, 1.54) is 16.3 Å². The first-order chi connectivity index (χ1) is 16.8. The van der Waals surface area contributed by atoms with E-state index in [-0.39, 0.29) is 29.5 Å². The first kappa shape index (κ1) is 24.5. The van der Waals surface area contributed by atoms with Gasteiger partial charge in [0, 0.05) is 36.2 Å². The Kier molecular flexibility index (Phi) is 7.54. The van der Waals surface area contributed by atoms with Crippen molar-refractivity contribution in [1.29, 1.82) is 0 Å². The number of hydrogen-bond acceptors (Lipinski definition) is 4. The van der Waals surface area contributed by atoms with Crippen LogP contribution in [-0.2, 0) is 11.3 Å². The predicted octanol–water partition coefficient (Wildman–Crippen LogP) is 5.96. The van der Waals surface area contributed by atoms with Crippen LogP contribution in [0.2, 0.25) is 0 Å². The van der Waals surface area contributed by atoms with Crippen LogP contribution >= 0.6 is 0 Å². The van der Waals surface area contributed by atoms with Crippen molar-refractivity contribution in [2.75, 3.05) is 5.32 Å². The monoisotopic (exact) mass is 474 g/mol. The summed E-state index contributed by atoms with van der Waals surface area (Å²) in [5.41, 5.74) is 4.65. The molecular weight excluding hydrogens is 440 g/mol. The molecule has 1 aromatic heterocycles. The molecule has 2 aromatic carbocycles. The number of aryl methyl sites for hydroxylation is 1. The number of anilines is 1. The van der Waals surface area contributed by atoms with E-state index in [4.69, 9.17) is 0 Å². The van der Waals surface area contributed by atoms with E-state index in [0.717, 1.165) is 36.9 Å². The fraction of sp³-hybridized carbons (Fsp3) is 0.393. The van der Waals surface area contributed by atoms with Gasteiger partial charge in [0.05, 0.1) is 11.4 Å². The van der Waals surface area contributed by atoms with Crippen molar-refractivity contribution in [3.8, 4) is 17.0 Å². The smallest absolute Gasteiger partial charge is 0.342 e. The van der Waals surface area contributed by atoms with Crippen LogP contribution < -0.4 is 10.6 Å². The molecule has 3 aromatic rings. The number of phenols is 1. The van der Waals surface area contributed by atoms with Crippen molar-refractivity contribution in [2.24, 2.45) is 5.92 Å². The van der Waals surface area contributed by atoms with Crippen LogP contribution in [-0.4, -0.2) is 26.8 Å². The maximum absolute atomic E-state index is 13.1. The molecule has 0 radical (unpaired) electrons. The quantitative estimate of drug-likeness (QED) is 0.393. The van der Waals surface area contributed by atoms with E-state index >= 15 is 0 Å². The highest BCUT2D eigenvalue weighted by Crippen LogP contribution is 2.38. The first-order valence-electron chi connectivity index (χ1n) is 12.4. The number of nitrogens with one attached hydrogen (secondary N) is 2. The zero-order valence-corrected chi connectivity index (χ0v) is 20.7. The summed E-state index contributed by atoms with van der Waals surface area (Å²) >= 11 is 0. The van der Waals surface area contributed by atoms with Gasteiger partial charge in [-0.3, -0.25) is 4.79 Å². The van der Waals surface area contributed by atoms with E-state index in [1.54, 1.807) is 12.1 Å². The van der Waals surface area contributed by atoms with Crippen molar-refractivity contribution in [1.82, 2.24) is 15.1 Å². The van der Waals surface area contributed by atoms with Gasteiger partial charge >= 0.3 is 6.03 Å². The van der Waals surface area contributed by atoms with Gasteiger partial charge < -0.3 is 15.7 Å². The minimum atomic E-state index is -0.282. The molecule has 0 unspecified atom stereocenters. The van der Waals surface area contributed by atoms with Gasteiger partial charge in [0.1, 0.15) is 5.75 Å². The minimum absolute atomic E-state index is 0.00929. The Morgan fingerprint density at radius 1 is 1.09 bits per heavy atom. The zero-order chi connectivity index (χ0) is 24.9. The molecule has 0 saturated heterocycles. The molecule has 7 heteroatoms. The highest BCUT2D eigenvalue weighted by atomic mass is 16.3. The average molecular weight is 475 g/mol. The van der Waals surface area contributed by atoms with Gasteiger partial charge in [0.25, 0.3) is 0 Å². The van der Waals surface area contributed by atoms with Crippen LogP contribution in [0.15, 0.2) is 48.5 Å². The lowest BCUT2D eigenvalue weighted by Crippen LogP contribution is -2.30. The average Bonchev–Trinajstić information content (AvgIpc) is 3.48. The summed E-state index contributed by atoms with van der Waals surface area (Å²) in [6.45, 7) is 6.40. The van der Waals surface area contributed by atoms with Crippen LogP contribution in [0.1, 0.15) is 68.7 Å². The van der Waals surface area contributed by atoms with Crippen LogP contribution in [0, 0.1) is 12.8 Å². The molecule has 1 heterocycles. The highest BCUT2D eigenvalue weighted by Gasteiger charge is 2.26. The second kappa shape index (κ2) is 10.8. The highest BCUT2D eigenvalue weighted by molar-refractivity contribution is 5.91. The van der Waals surface area contributed by atoms with Crippen molar-refractivity contribution in [3.05, 3.63) is 65.4 Å². The Morgan fingerprint density at radius 3 is 2.46 bits per heavy atom. The van der Waals surface area contributed by atoms with E-state index in [0.29, 0.717) is 29.9 Å². The maximum atomic E-state index is 13.1. The number of carbonyl (C=O) groups excluding carboxylic acids is 2. The number of aromatic hydroxyl groups is 1. The fourth-order valence-corrected chi connectivity index (χ4v) is 4.57. The maximum Gasteiger partial charge on any atom is 0.342 e. The molecule has 1 fully saturated rings. The number of aromatic nitrogens is 2. The second-order valence-corrected chi connectivity index (χ2v) is 9.87. The van der Waals surface area contributed by atoms with Gasteiger partial charge in [0.2, 0.25) is 5.91 Å². The van der Waals surface area contributed by atoms with Crippen LogP contribution in [0.25, 0.3) is 11.3 Å². The number of phenolic OH excluding ortho intramolecular Hbond substituents is 1. The molecule has 0 aliphatic heterocycles. The summed E-state index contributed by atoms with van der Waals surface area (Å²) in [4.78, 5) is 25.2. The Balaban J connectivity index is 1.56. The summed E-state index contributed by atoms with van der Waals surface area (Å²) < 4.78 is 1.46. The van der Waals surface area contributed by atoms with Crippen LogP contribution in [0.5, 0.6) is 5.75 Å². The third-order valence-corrected chi connectivity index (χ3v) is 6.42. The standard InChI is InChI=1S/C28H34N4O3/c1-18(2)14-27(34)30-22-12-13-23(26(33)15-22)24-16-25(21-6-4-5-7-21)32(31-24)28(35)29-17-20-10-8-19(3)9-11-20/h8-13,15-16,18,21,33H,4-7,14,17H2,1-3H3,(H,29,35)(H,30,34). The van der Waals surface area contributed by atoms with E-state index in [2.05, 4.69) is 15.7 Å². The molecule has 1 aliphatic rings. The van der Waals surface area contributed by atoms with E-state index < -0.39 is 0 Å². The van der Waals surface area contributed by atoms with Gasteiger partial charge in [-0.1, -0.05) is 56.5 Å². The SMILES string of the molecule is Cc1ccc(CNC(=O)n2nc(-c3ccc(NC(=O)CC(C)C)cc3O)cc2C2CCCC2)cc1. The molecule has 1 aliphatic carbocycles. The molecule has 2 amide bonds. The Bertz CT molecular complexity index is 1190. The molecule has 7 nitrogen and oxygen atoms in total. The van der Waals surface area contributed by atoms with Gasteiger partial charge in [0.15, 0.2) is 0 Å². The third kappa shape index (κ3) is 6.10. The van der Waals surface area contributed by atoms with Gasteiger partial charge in [-0.25, -0.2) is 4.79 Å². The summed E-state index contributed by atoms with van der Waals surface area (Å²) in [5, 5.41) is 21.1. The van der Waals surface area contributed by atoms with Gasteiger partial charge in [-0.05, 0) is 49.4 Å². The molecule has 184 valence electrons. The van der Waals surface area contributed by atoms with Crippen LogP contribution in [0.4, 0.5) is 10.5 Å². The summed E-state index contributed by atoms with van der Waals surface area (Å²) in [5.74, 6) is 0.427. The summed E-state index contributed by atoms with van der Waals surface area (Å²) in [6.07, 6.45) is 4.71. The second-order valence-electron chi connectivity index (χ2n) is 9.87. The Labute approximate surface area is 206 Å². The number of amides is 2. The lowest BCUT2D eigenvalue weighted by atomic mass is 10.0. The number of carbonyl (C=O) groups is 2. The topological polar surface area (TPSA) is 96.3 Å². The fourth-order valence-electron chi connectivity index (χ4n) is 4.57. The van der Waals surface area contributed by atoms with Crippen molar-refractivity contribution in [3.63, 3.8) is 0 Å². The van der Waals surface area contributed by atoms with Crippen LogP contribution in [0.3, 0.4) is 0 Å². The lowest BCUT2D eigenvalue weighted by Gasteiger charge is -2.12. The molecule has 35 heavy (non-hydrogen) atoms. The molecule has 0 bridgehead atoms. The van der Waals surface area contributed by atoms with Crippen molar-refractivity contribution >= 4 is 17.6 Å². The number of benzene rings is 2. The lowest BCUT2D eigenvalue weighted by molar-refractivity contribution is -0.116. The Morgan fingerprint density at radius 2 is 1.80 bits per heavy atom. The van der Waals surface area contributed by atoms with Crippen molar-refractivity contribution in [2.45, 2.75) is 65.3 Å². The predicted molar refractivity (Wildman–Crippen MR) is 137 cm³/mol. The number of hydrogen-bond donors (Lipinski definition) is 3. The third-order valence-electron chi connectivity index (χ3n) is 6.42. The normalized spacial score (nSPS) is 13.8. The summed E-state index contributed by atoms with van der Waals surface area (Å²) in [7, 11) is 0. The Hall–Kier alpha value is -3.61. The molecule has 3 N–H and O–H groups in total. The molecule has 0 spiro atoms. The molecule has 1 saturated carbocycles. The zero-order valence-electron chi connectivity index (χ0n) is 20.7. The van der Waals surface area contributed by atoms with E-state index in [1.807, 2.05) is 51.1 Å². The first-order valence-corrected chi connectivity index (χ1v) is 12.4. The minimum Gasteiger partial charge on any atom is -0.507 e. The summed E-state index contributed by atoms with van der Waals surface area (Å²) in [6, 6.07) is 14.7. The van der Waals surface area contributed by atoms with Gasteiger partial charge in [-0.2, -0.15) is 9.78 Å². The number of nitrogens with zero attached hydrogens (tertiary/aromatic N) is 2. The molecule has 4 rings (SSSR count). The molecule has 0 atom stereocenters. The largest absolute Gasteiger partial charge is 0.507 e. The van der Waals surface area contributed by atoms with Crippen molar-refractivity contribution < 1.29 is 14.7 Å². The number of rotatable bonds is 7. The van der Waals surface area contributed by atoms with E-state index in [9.17, 15) is 14.7 Å².